The largest absolute Gasteiger partial charge is 2.00 e. The van der Waals surface area contributed by atoms with Crippen molar-refractivity contribution in [1.82, 2.24) is 19.3 Å². The number of aromatic nitrogens is 4. The summed E-state index contributed by atoms with van der Waals surface area (Å²) in [5, 5.41) is 5.47. The van der Waals surface area contributed by atoms with E-state index in [9.17, 15) is 0 Å². The topological polar surface area (TPSA) is 38.9 Å². The number of pyridine rings is 1. The Hall–Kier alpha value is -3.95. The molecule has 0 bridgehead atoms. The van der Waals surface area contributed by atoms with Crippen LogP contribution in [0, 0.1) is 12.3 Å². The number of benzene rings is 3. The molecule has 3 heterocycles. The quantitative estimate of drug-likeness (QED) is 0.213. The second kappa shape index (κ2) is 9.50. The average molecular weight is 621 g/mol. The molecule has 0 N–H and O–H groups in total. The average Bonchev–Trinajstić information content (AvgIpc) is 3.56. The van der Waals surface area contributed by atoms with Crippen LogP contribution in [0.3, 0.4) is 0 Å². The van der Waals surface area contributed by atoms with E-state index in [1.165, 1.54) is 0 Å². The molecule has 3 aromatic carbocycles. The molecule has 0 aliphatic carbocycles. The zero-order chi connectivity index (χ0) is 22.0. The van der Waals surface area contributed by atoms with E-state index in [4.69, 9.17) is 4.98 Å². The maximum atomic E-state index is 4.90. The number of rotatable bonds is 5. The van der Waals surface area contributed by atoms with Crippen molar-refractivity contribution in [2.75, 3.05) is 4.90 Å². The minimum Gasteiger partial charge on any atom is -0.465 e. The van der Waals surface area contributed by atoms with Crippen molar-refractivity contribution in [3.8, 4) is 11.5 Å². The van der Waals surface area contributed by atoms with Crippen LogP contribution in [0.5, 0.6) is 0 Å². The van der Waals surface area contributed by atoms with E-state index in [-0.39, 0.29) is 21.1 Å². The van der Waals surface area contributed by atoms with Gasteiger partial charge in [-0.2, -0.15) is 29.0 Å². The zero-order valence-electron chi connectivity index (χ0n) is 18.0. The van der Waals surface area contributed by atoms with Crippen LogP contribution in [0.1, 0.15) is 0 Å². The van der Waals surface area contributed by atoms with E-state index in [2.05, 4.69) is 46.5 Å². The minimum atomic E-state index is 0. The first-order chi connectivity index (χ1) is 16.4. The van der Waals surface area contributed by atoms with Crippen molar-refractivity contribution < 1.29 is 21.1 Å². The summed E-state index contributed by atoms with van der Waals surface area (Å²) in [6.07, 6.45) is 6.98. The summed E-state index contributed by atoms with van der Waals surface area (Å²) in [6, 6.07) is 38.0. The third-order valence-electron chi connectivity index (χ3n) is 5.48. The molecule has 0 aliphatic rings. The van der Waals surface area contributed by atoms with Crippen molar-refractivity contribution in [1.29, 1.82) is 0 Å². The van der Waals surface area contributed by atoms with Crippen LogP contribution >= 0.6 is 0 Å². The first-order valence-corrected chi connectivity index (χ1v) is 10.7. The normalized spacial score (nSPS) is 10.7. The van der Waals surface area contributed by atoms with Crippen LogP contribution in [0.15, 0.2) is 116 Å². The maximum Gasteiger partial charge on any atom is 2.00 e. The van der Waals surface area contributed by atoms with Crippen LogP contribution in [-0.4, -0.2) is 19.3 Å². The van der Waals surface area contributed by atoms with Crippen LogP contribution in [-0.2, 0) is 21.1 Å². The van der Waals surface area contributed by atoms with Crippen LogP contribution in [0.2, 0.25) is 0 Å². The predicted octanol–water partition coefficient (Wildman–Crippen LogP) is 6.28. The van der Waals surface area contributed by atoms with E-state index >= 15 is 0 Å². The molecule has 3 aromatic heterocycles. The maximum absolute atomic E-state index is 4.90. The van der Waals surface area contributed by atoms with Crippen molar-refractivity contribution in [3.63, 3.8) is 0 Å². The number of hydrogen-bond donors (Lipinski definition) is 0. The summed E-state index contributed by atoms with van der Waals surface area (Å²) in [7, 11) is 0. The summed E-state index contributed by atoms with van der Waals surface area (Å²) in [6.45, 7) is 0. The van der Waals surface area contributed by atoms with Crippen molar-refractivity contribution >= 4 is 28.1 Å². The van der Waals surface area contributed by atoms with E-state index in [0.717, 1.165) is 39.6 Å². The third-order valence-corrected chi connectivity index (χ3v) is 5.48. The SMILES string of the molecule is [Pt+2].[c-]1c(N(c2ccccc2)c2cccc(-n3cccn3)n2)cccc1-n1[c-]cc2ccccc21. The molecule has 5 nitrogen and oxygen atoms in total. The fraction of sp³-hybridized carbons (Fsp3) is 0. The fourth-order valence-corrected chi connectivity index (χ4v) is 3.96. The Labute approximate surface area is 212 Å². The Bertz CT molecular complexity index is 1520. The van der Waals surface area contributed by atoms with Gasteiger partial charge in [0.1, 0.15) is 5.82 Å². The molecule has 34 heavy (non-hydrogen) atoms. The summed E-state index contributed by atoms with van der Waals surface area (Å²) < 4.78 is 3.79. The van der Waals surface area contributed by atoms with Gasteiger partial charge in [0.2, 0.25) is 0 Å². The van der Waals surface area contributed by atoms with Gasteiger partial charge in [-0.1, -0.05) is 59.9 Å². The smallest absolute Gasteiger partial charge is 0.465 e. The molecule has 0 amide bonds. The number of para-hydroxylation sites is 2. The Morgan fingerprint density at radius 1 is 0.765 bits per heavy atom. The number of anilines is 3. The van der Waals surface area contributed by atoms with Gasteiger partial charge in [0.15, 0.2) is 5.82 Å². The monoisotopic (exact) mass is 620 g/mol. The second-order valence-electron chi connectivity index (χ2n) is 7.56. The summed E-state index contributed by atoms with van der Waals surface area (Å²) in [5.41, 5.74) is 3.89. The molecule has 0 radical (unpaired) electrons. The van der Waals surface area contributed by atoms with E-state index in [1.54, 1.807) is 10.9 Å². The van der Waals surface area contributed by atoms with Crippen LogP contribution in [0.25, 0.3) is 22.4 Å². The first kappa shape index (κ1) is 21.9. The molecule has 6 rings (SSSR count). The predicted molar refractivity (Wildman–Crippen MR) is 131 cm³/mol. The van der Waals surface area contributed by atoms with Crippen molar-refractivity contribution in [2.45, 2.75) is 0 Å². The van der Waals surface area contributed by atoms with Crippen LogP contribution in [0.4, 0.5) is 17.2 Å². The molecule has 166 valence electrons. The molecular weight excluding hydrogens is 601 g/mol. The van der Waals surface area contributed by atoms with Crippen LogP contribution < -0.4 is 4.90 Å². The van der Waals surface area contributed by atoms with E-state index in [1.807, 2.05) is 89.6 Å². The fourth-order valence-electron chi connectivity index (χ4n) is 3.96. The first-order valence-electron chi connectivity index (χ1n) is 10.7. The number of nitrogens with zero attached hydrogens (tertiary/aromatic N) is 5. The van der Waals surface area contributed by atoms with E-state index < -0.39 is 0 Å². The molecule has 0 saturated heterocycles. The summed E-state index contributed by atoms with van der Waals surface area (Å²) >= 11 is 0. The molecule has 0 aliphatic heterocycles. The standard InChI is InChI=1S/C28H19N5.Pt/c1-2-10-23(11-3-1)33(28-16-7-15-27(30-28)32-19-8-18-29-32)25-13-6-12-24(21-25)31-20-17-22-9-4-5-14-26(22)31;/h1-19H;/q-2;+2. The van der Waals surface area contributed by atoms with Gasteiger partial charge in [0.25, 0.3) is 0 Å². The summed E-state index contributed by atoms with van der Waals surface area (Å²) in [5.74, 6) is 1.53. The van der Waals surface area contributed by atoms with Gasteiger partial charge in [0.05, 0.1) is 0 Å². The van der Waals surface area contributed by atoms with Gasteiger partial charge in [-0.3, -0.25) is 0 Å². The van der Waals surface area contributed by atoms with E-state index in [0.29, 0.717) is 0 Å². The molecule has 0 fully saturated rings. The number of hydrogen-bond acceptors (Lipinski definition) is 3. The van der Waals surface area contributed by atoms with Gasteiger partial charge < -0.3 is 9.47 Å². The van der Waals surface area contributed by atoms with Gasteiger partial charge in [-0.05, 0) is 30.3 Å². The second-order valence-corrected chi connectivity index (χ2v) is 7.56. The molecule has 0 atom stereocenters. The Morgan fingerprint density at radius 2 is 1.59 bits per heavy atom. The van der Waals surface area contributed by atoms with Gasteiger partial charge in [-0.25, -0.2) is 9.67 Å². The minimum absolute atomic E-state index is 0. The Kier molecular flexibility index (Phi) is 6.11. The molecule has 6 heteroatoms. The third kappa shape index (κ3) is 4.07. The Balaban J connectivity index is 0.00000241. The molecule has 0 saturated carbocycles. The molecule has 0 unspecified atom stereocenters. The molecular formula is C28H19N5Pt. The van der Waals surface area contributed by atoms with Crippen molar-refractivity contribution in [3.05, 3.63) is 128 Å². The zero-order valence-corrected chi connectivity index (χ0v) is 20.3. The number of fused-ring (bicyclic) bond motifs is 1. The van der Waals surface area contributed by atoms with Crippen molar-refractivity contribution in [2.24, 2.45) is 0 Å². The van der Waals surface area contributed by atoms with Gasteiger partial charge in [-0.15, -0.1) is 23.6 Å². The van der Waals surface area contributed by atoms with Gasteiger partial charge in [0, 0.05) is 18.1 Å². The van der Waals surface area contributed by atoms with Gasteiger partial charge >= 0.3 is 21.1 Å². The molecule has 6 aromatic rings. The Morgan fingerprint density at radius 3 is 2.44 bits per heavy atom. The molecule has 0 spiro atoms. The summed E-state index contributed by atoms with van der Waals surface area (Å²) in [4.78, 5) is 7.00.